The molecule has 1 aliphatic carbocycles. The minimum atomic E-state index is -0.150. The molecule has 0 aliphatic heterocycles. The van der Waals surface area contributed by atoms with Crippen molar-refractivity contribution in [1.29, 1.82) is 0 Å². The Balaban J connectivity index is 2.15. The zero-order chi connectivity index (χ0) is 19.5. The molecule has 1 aromatic carbocycles. The van der Waals surface area contributed by atoms with Crippen LogP contribution in [0, 0.1) is 0 Å². The monoisotopic (exact) mass is 360 g/mol. The fourth-order valence-corrected chi connectivity index (χ4v) is 3.55. The lowest BCUT2D eigenvalue weighted by Gasteiger charge is -2.27. The third-order valence-corrected chi connectivity index (χ3v) is 5.31. The third kappa shape index (κ3) is 5.49. The van der Waals surface area contributed by atoms with Gasteiger partial charge < -0.3 is 9.84 Å². The largest absolute Gasteiger partial charge is 0.507 e. The maximum absolute atomic E-state index is 12.3. The summed E-state index contributed by atoms with van der Waals surface area (Å²) in [6, 6.07) is 4.16. The number of ether oxygens (including phenoxy) is 1. The Hall–Kier alpha value is -1.51. The van der Waals surface area contributed by atoms with Gasteiger partial charge in [0.15, 0.2) is 0 Å². The molecule has 1 N–H and O–H groups in total. The van der Waals surface area contributed by atoms with E-state index in [0.29, 0.717) is 18.6 Å². The Morgan fingerprint density at radius 1 is 1.04 bits per heavy atom. The summed E-state index contributed by atoms with van der Waals surface area (Å²) in [6.07, 6.45) is 6.47. The van der Waals surface area contributed by atoms with E-state index in [1.165, 1.54) is 12.0 Å². The topological polar surface area (TPSA) is 46.5 Å². The van der Waals surface area contributed by atoms with Gasteiger partial charge in [0.2, 0.25) is 0 Å². The highest BCUT2D eigenvalue weighted by Gasteiger charge is 2.25. The van der Waals surface area contributed by atoms with Gasteiger partial charge in [0.05, 0.1) is 0 Å². The average molecular weight is 361 g/mol. The normalized spacial score (nSPS) is 16.5. The van der Waals surface area contributed by atoms with Crippen molar-refractivity contribution in [3.63, 3.8) is 0 Å². The number of aryl methyl sites for hydroxylation is 1. The minimum absolute atomic E-state index is 0.00887. The van der Waals surface area contributed by atoms with E-state index in [9.17, 15) is 9.90 Å². The number of carbonyl (C=O) groups is 1. The molecular formula is C23H36O3. The van der Waals surface area contributed by atoms with Crippen LogP contribution in [0.25, 0.3) is 0 Å². The van der Waals surface area contributed by atoms with Gasteiger partial charge in [-0.3, -0.25) is 4.79 Å². The van der Waals surface area contributed by atoms with Gasteiger partial charge in [-0.25, -0.2) is 0 Å². The Morgan fingerprint density at radius 2 is 1.65 bits per heavy atom. The smallest absolute Gasteiger partial charge is 0.306 e. The van der Waals surface area contributed by atoms with Crippen LogP contribution in [0.1, 0.15) is 96.8 Å². The van der Waals surface area contributed by atoms with Gasteiger partial charge in [0.1, 0.15) is 11.9 Å². The average Bonchev–Trinajstić information content (AvgIpc) is 2.52. The second-order valence-corrected chi connectivity index (χ2v) is 9.78. The number of carbonyl (C=O) groups excluding carboxylic acids is 1. The number of aromatic hydroxyl groups is 1. The Kier molecular flexibility index (Phi) is 6.42. The predicted molar refractivity (Wildman–Crippen MR) is 107 cm³/mol. The van der Waals surface area contributed by atoms with E-state index in [1.807, 2.05) is 0 Å². The predicted octanol–water partition coefficient (Wildman–Crippen LogP) is 5.80. The molecule has 3 nitrogen and oxygen atoms in total. The Labute approximate surface area is 159 Å². The van der Waals surface area contributed by atoms with E-state index < -0.39 is 0 Å². The lowest BCUT2D eigenvalue weighted by Crippen LogP contribution is -2.21. The van der Waals surface area contributed by atoms with Crippen LogP contribution < -0.4 is 0 Å². The van der Waals surface area contributed by atoms with E-state index in [1.54, 1.807) is 0 Å². The van der Waals surface area contributed by atoms with Crippen molar-refractivity contribution in [3.05, 3.63) is 28.8 Å². The first kappa shape index (κ1) is 20.8. The fourth-order valence-electron chi connectivity index (χ4n) is 3.55. The summed E-state index contributed by atoms with van der Waals surface area (Å²) in [5.74, 6) is 0.186. The van der Waals surface area contributed by atoms with E-state index in [0.717, 1.165) is 36.8 Å². The summed E-state index contributed by atoms with van der Waals surface area (Å²) in [5, 5.41) is 10.8. The van der Waals surface area contributed by atoms with Crippen molar-refractivity contribution in [2.24, 2.45) is 0 Å². The molecular weight excluding hydrogens is 324 g/mol. The van der Waals surface area contributed by atoms with E-state index >= 15 is 0 Å². The number of hydrogen-bond donors (Lipinski definition) is 1. The van der Waals surface area contributed by atoms with Gasteiger partial charge in [0.25, 0.3) is 0 Å². The molecule has 0 radical (unpaired) electrons. The molecule has 1 saturated carbocycles. The van der Waals surface area contributed by atoms with E-state index in [-0.39, 0.29) is 22.9 Å². The lowest BCUT2D eigenvalue weighted by atomic mass is 9.78. The second kappa shape index (κ2) is 8.02. The van der Waals surface area contributed by atoms with Crippen molar-refractivity contribution in [2.75, 3.05) is 0 Å². The molecule has 0 saturated heterocycles. The highest BCUT2D eigenvalue weighted by atomic mass is 16.5. The molecule has 1 aromatic rings. The van der Waals surface area contributed by atoms with Crippen molar-refractivity contribution >= 4 is 5.97 Å². The van der Waals surface area contributed by atoms with Crippen LogP contribution >= 0.6 is 0 Å². The summed E-state index contributed by atoms with van der Waals surface area (Å²) in [5.41, 5.74) is 2.83. The van der Waals surface area contributed by atoms with E-state index in [2.05, 4.69) is 53.7 Å². The maximum Gasteiger partial charge on any atom is 0.306 e. The molecule has 146 valence electrons. The molecule has 2 rings (SSSR count). The first-order valence-electron chi connectivity index (χ1n) is 10.0. The number of benzene rings is 1. The number of hydrogen-bond acceptors (Lipinski definition) is 3. The minimum Gasteiger partial charge on any atom is -0.507 e. The molecule has 0 unspecified atom stereocenters. The summed E-state index contributed by atoms with van der Waals surface area (Å²) in [4.78, 5) is 12.3. The fraction of sp³-hybridized carbons (Fsp3) is 0.696. The van der Waals surface area contributed by atoms with Crippen molar-refractivity contribution < 1.29 is 14.6 Å². The molecule has 1 fully saturated rings. The first-order valence-corrected chi connectivity index (χ1v) is 10.0. The molecule has 0 heterocycles. The number of phenols is 1. The van der Waals surface area contributed by atoms with Gasteiger partial charge in [0, 0.05) is 6.42 Å². The van der Waals surface area contributed by atoms with Crippen molar-refractivity contribution in [1.82, 2.24) is 0 Å². The standard InChI is InChI=1S/C23H36O3/c1-22(2,3)17-14-16(21(25)19(15-17)23(4,5)6)12-13-20(24)26-18-10-8-7-9-11-18/h14-15,18,25H,7-13H2,1-6H3. The van der Waals surface area contributed by atoms with Crippen LogP contribution in [0.4, 0.5) is 0 Å². The molecule has 0 amide bonds. The lowest BCUT2D eigenvalue weighted by molar-refractivity contribution is -0.150. The van der Waals surface area contributed by atoms with Gasteiger partial charge >= 0.3 is 5.97 Å². The van der Waals surface area contributed by atoms with E-state index in [4.69, 9.17) is 4.74 Å². The van der Waals surface area contributed by atoms with Gasteiger partial charge in [-0.1, -0.05) is 60.1 Å². The molecule has 26 heavy (non-hydrogen) atoms. The third-order valence-electron chi connectivity index (χ3n) is 5.31. The zero-order valence-corrected chi connectivity index (χ0v) is 17.4. The summed E-state index contributed by atoms with van der Waals surface area (Å²) < 4.78 is 5.63. The van der Waals surface area contributed by atoms with Crippen molar-refractivity contribution in [3.8, 4) is 5.75 Å². The SMILES string of the molecule is CC(C)(C)c1cc(CCC(=O)OC2CCCCC2)c(O)c(C(C)(C)C)c1. The molecule has 1 aliphatic rings. The van der Waals surface area contributed by atoms with Crippen LogP contribution in [0.2, 0.25) is 0 Å². The maximum atomic E-state index is 12.3. The number of phenolic OH excluding ortho intramolecular Hbond substituents is 1. The van der Waals surface area contributed by atoms with Crippen LogP contribution in [-0.2, 0) is 26.8 Å². The van der Waals surface area contributed by atoms with Gasteiger partial charge in [-0.2, -0.15) is 0 Å². The Bertz CT molecular complexity index is 626. The molecule has 0 aromatic heterocycles. The zero-order valence-electron chi connectivity index (χ0n) is 17.4. The Morgan fingerprint density at radius 3 is 2.19 bits per heavy atom. The summed E-state index contributed by atoms with van der Waals surface area (Å²) in [7, 11) is 0. The quantitative estimate of drug-likeness (QED) is 0.691. The van der Waals surface area contributed by atoms with Crippen LogP contribution in [-0.4, -0.2) is 17.2 Å². The van der Waals surface area contributed by atoms with Crippen LogP contribution in [0.5, 0.6) is 5.75 Å². The van der Waals surface area contributed by atoms with Crippen LogP contribution in [0.3, 0.4) is 0 Å². The molecule has 0 spiro atoms. The van der Waals surface area contributed by atoms with Gasteiger partial charge in [-0.05, 0) is 59.6 Å². The van der Waals surface area contributed by atoms with Crippen LogP contribution in [0.15, 0.2) is 12.1 Å². The highest BCUT2D eigenvalue weighted by Crippen LogP contribution is 2.38. The summed E-state index contributed by atoms with van der Waals surface area (Å²) >= 11 is 0. The molecule has 0 atom stereocenters. The second-order valence-electron chi connectivity index (χ2n) is 9.78. The first-order chi connectivity index (χ1) is 12.0. The molecule has 0 bridgehead atoms. The van der Waals surface area contributed by atoms with Gasteiger partial charge in [-0.15, -0.1) is 0 Å². The molecule has 3 heteroatoms. The number of esters is 1. The number of rotatable bonds is 4. The summed E-state index contributed by atoms with van der Waals surface area (Å²) in [6.45, 7) is 12.8. The van der Waals surface area contributed by atoms with Crippen molar-refractivity contribution in [2.45, 2.75) is 103 Å². The highest BCUT2D eigenvalue weighted by molar-refractivity contribution is 5.70.